The molecule has 0 unspecified atom stereocenters. The Hall–Kier alpha value is -2.93. The van der Waals surface area contributed by atoms with Gasteiger partial charge in [0.05, 0.1) is 25.0 Å². The molecule has 1 heterocycles. The van der Waals surface area contributed by atoms with E-state index in [1.165, 1.54) is 0 Å². The van der Waals surface area contributed by atoms with Crippen molar-refractivity contribution >= 4 is 29.6 Å². The molecule has 0 spiro atoms. The van der Waals surface area contributed by atoms with Crippen molar-refractivity contribution in [1.82, 2.24) is 20.9 Å². The number of Topliss-reactive ketones (excluding diaryl/α,β-unsaturated/α-hetero) is 1. The molecule has 1 saturated heterocycles. The Kier molecular flexibility index (Phi) is 8.05. The van der Waals surface area contributed by atoms with Crippen LogP contribution in [0.25, 0.3) is 0 Å². The molecule has 0 aromatic heterocycles. The molecule has 3 aliphatic rings. The van der Waals surface area contributed by atoms with E-state index in [4.69, 9.17) is 0 Å². The van der Waals surface area contributed by atoms with E-state index >= 15 is 0 Å². The average Bonchev–Trinajstić information content (AvgIpc) is 3.64. The summed E-state index contributed by atoms with van der Waals surface area (Å²) >= 11 is 0. The Morgan fingerprint density at radius 2 is 1.66 bits per heavy atom. The fraction of sp³-hybridized carbons (Fsp3) is 0.792. The molecule has 5 atom stereocenters. The van der Waals surface area contributed by atoms with E-state index in [2.05, 4.69) is 20.7 Å². The molecular weight excluding hydrogens is 516 g/mol. The first kappa shape index (κ1) is 29.6. The minimum atomic E-state index is -3.26. The van der Waals surface area contributed by atoms with Crippen molar-refractivity contribution in [1.29, 1.82) is 0 Å². The van der Waals surface area contributed by atoms with Crippen molar-refractivity contribution in [2.45, 2.75) is 89.4 Å². The summed E-state index contributed by atoms with van der Waals surface area (Å²) < 4.78 is 60.5. The summed E-state index contributed by atoms with van der Waals surface area (Å²) in [6.45, 7) is 4.96. The third-order valence-corrected chi connectivity index (χ3v) is 7.09. The van der Waals surface area contributed by atoms with Crippen molar-refractivity contribution in [3.8, 4) is 0 Å². The van der Waals surface area contributed by atoms with E-state index in [9.17, 15) is 41.5 Å². The van der Waals surface area contributed by atoms with Gasteiger partial charge in [0.15, 0.2) is 0 Å². The van der Waals surface area contributed by atoms with Gasteiger partial charge >= 0.3 is 6.09 Å². The van der Waals surface area contributed by atoms with E-state index in [0.29, 0.717) is 19.8 Å². The lowest BCUT2D eigenvalue weighted by atomic mass is 9.85. The van der Waals surface area contributed by atoms with Crippen LogP contribution in [0.1, 0.15) is 53.4 Å². The lowest BCUT2D eigenvalue weighted by Crippen LogP contribution is -2.60. The van der Waals surface area contributed by atoms with Gasteiger partial charge in [0.25, 0.3) is 11.8 Å². The highest BCUT2D eigenvalue weighted by molar-refractivity contribution is 6.38. The number of carbonyl (C=O) groups is 5. The van der Waals surface area contributed by atoms with Gasteiger partial charge in [0, 0.05) is 19.0 Å². The Labute approximate surface area is 217 Å². The number of hydrogen-bond acceptors (Lipinski definition) is 6. The number of rotatable bonds is 10. The molecular formula is C24H34F4N4O6. The Bertz CT molecular complexity index is 991. The quantitative estimate of drug-likeness (QED) is 0.280. The number of ketones is 1. The second kappa shape index (κ2) is 10.3. The zero-order valence-corrected chi connectivity index (χ0v) is 21.9. The first-order valence-electron chi connectivity index (χ1n) is 12.4. The van der Waals surface area contributed by atoms with Gasteiger partial charge in [-0.2, -0.15) is 0 Å². The molecule has 38 heavy (non-hydrogen) atoms. The Balaban J connectivity index is 1.84. The number of alkyl carbamates (subject to hydrolysis) is 1. The third kappa shape index (κ3) is 6.55. The molecule has 2 aliphatic carbocycles. The van der Waals surface area contributed by atoms with Gasteiger partial charge in [-0.1, -0.05) is 20.8 Å². The van der Waals surface area contributed by atoms with E-state index in [1.54, 1.807) is 20.8 Å². The number of likely N-dealkylation sites (tertiary alicyclic amines) is 1. The summed E-state index contributed by atoms with van der Waals surface area (Å²) in [7, 11) is 1.08. The predicted molar refractivity (Wildman–Crippen MR) is 124 cm³/mol. The van der Waals surface area contributed by atoms with Crippen LogP contribution in [0.15, 0.2) is 0 Å². The van der Waals surface area contributed by atoms with Crippen LogP contribution in [0, 0.1) is 17.3 Å². The minimum absolute atomic E-state index is 0.221. The summed E-state index contributed by atoms with van der Waals surface area (Å²) in [6, 6.07) is -4.92. The van der Waals surface area contributed by atoms with Crippen molar-refractivity contribution < 1.29 is 46.3 Å². The maximum Gasteiger partial charge on any atom is 0.407 e. The molecule has 14 heteroatoms. The van der Waals surface area contributed by atoms with Gasteiger partial charge in [-0.05, 0) is 31.6 Å². The van der Waals surface area contributed by atoms with Crippen molar-refractivity contribution in [3.63, 3.8) is 0 Å². The average molecular weight is 551 g/mol. The normalized spacial score (nSPS) is 25.5. The van der Waals surface area contributed by atoms with E-state index in [-0.39, 0.29) is 6.04 Å². The largest absolute Gasteiger partial charge is 0.453 e. The summed E-state index contributed by atoms with van der Waals surface area (Å²) in [6.07, 6.45) is -1.12. The molecule has 10 nitrogen and oxygen atoms in total. The van der Waals surface area contributed by atoms with Crippen LogP contribution in [-0.2, 0) is 23.9 Å². The van der Waals surface area contributed by atoms with Crippen LogP contribution in [0.3, 0.4) is 0 Å². The zero-order chi connectivity index (χ0) is 28.8. The fourth-order valence-corrected chi connectivity index (χ4v) is 4.69. The lowest BCUT2D eigenvalue weighted by molar-refractivity contribution is -0.146. The summed E-state index contributed by atoms with van der Waals surface area (Å²) in [5.41, 5.74) is -0.909. The highest BCUT2D eigenvalue weighted by Gasteiger charge is 2.78. The number of halogens is 4. The highest BCUT2D eigenvalue weighted by atomic mass is 19.3. The number of hydrogen-bond donors (Lipinski definition) is 3. The standard InChI is InChI=1S/C24H34F4N4O6/c1-22(2,3)17(31-21(37)38-5)20(36)32-10-12-14(24(12,27)28)15(32)18(34)30-13(8-9-23(4,25)26)16(33)19(35)29-11-6-7-11/h11-15,17H,6-10H2,1-5H3,(H,29,35)(H,30,34)(H,31,37)/t12-,13-,14-,15-,17+/m0/s1. The highest BCUT2D eigenvalue weighted by Crippen LogP contribution is 2.62. The summed E-state index contributed by atoms with van der Waals surface area (Å²) in [4.78, 5) is 64.6. The van der Waals surface area contributed by atoms with Gasteiger partial charge in [0.2, 0.25) is 23.5 Å². The van der Waals surface area contributed by atoms with Crippen LogP contribution in [0.5, 0.6) is 0 Å². The smallest absolute Gasteiger partial charge is 0.407 e. The first-order chi connectivity index (χ1) is 17.4. The molecule has 1 aliphatic heterocycles. The fourth-order valence-electron chi connectivity index (χ4n) is 4.69. The molecule has 0 radical (unpaired) electrons. The van der Waals surface area contributed by atoms with E-state index in [1.807, 2.05) is 0 Å². The molecule has 0 bridgehead atoms. The minimum Gasteiger partial charge on any atom is -0.453 e. The summed E-state index contributed by atoms with van der Waals surface area (Å²) in [5, 5.41) is 6.98. The lowest BCUT2D eigenvalue weighted by Gasteiger charge is -2.36. The third-order valence-electron chi connectivity index (χ3n) is 7.09. The Morgan fingerprint density at radius 1 is 1.05 bits per heavy atom. The number of alkyl halides is 4. The summed E-state index contributed by atoms with van der Waals surface area (Å²) in [5.74, 6) is -13.6. The molecule has 3 N–H and O–H groups in total. The van der Waals surface area contributed by atoms with Crippen LogP contribution >= 0.6 is 0 Å². The van der Waals surface area contributed by atoms with Crippen LogP contribution in [-0.4, -0.2) is 84.2 Å². The number of carbonyl (C=O) groups excluding carboxylic acids is 5. The maximum absolute atomic E-state index is 14.4. The number of fused-ring (bicyclic) bond motifs is 1. The van der Waals surface area contributed by atoms with Gasteiger partial charge < -0.3 is 25.6 Å². The SMILES string of the molecule is COC(=O)N[C@H](C(=O)N1C[C@H]2[C@@H]([C@H]1C(=O)N[C@@H](CCC(C)(F)F)C(=O)C(=O)NC1CC1)C2(F)F)C(C)(C)C. The second-order valence-corrected chi connectivity index (χ2v) is 11.5. The van der Waals surface area contributed by atoms with Crippen LogP contribution in [0.4, 0.5) is 22.4 Å². The predicted octanol–water partition coefficient (Wildman–Crippen LogP) is 1.62. The molecule has 3 rings (SSSR count). The molecule has 2 saturated carbocycles. The second-order valence-electron chi connectivity index (χ2n) is 11.5. The maximum atomic E-state index is 14.4. The Morgan fingerprint density at radius 3 is 2.16 bits per heavy atom. The van der Waals surface area contributed by atoms with Gasteiger partial charge in [-0.25, -0.2) is 22.4 Å². The number of methoxy groups -OCH3 is 1. The number of nitrogens with one attached hydrogen (secondary N) is 3. The number of piperidine rings is 1. The van der Waals surface area contributed by atoms with Crippen molar-refractivity contribution in [2.75, 3.05) is 13.7 Å². The van der Waals surface area contributed by atoms with E-state index in [0.717, 1.165) is 12.0 Å². The van der Waals surface area contributed by atoms with E-state index < -0.39 is 96.2 Å². The molecule has 3 fully saturated rings. The van der Waals surface area contributed by atoms with Crippen molar-refractivity contribution in [3.05, 3.63) is 0 Å². The van der Waals surface area contributed by atoms with Crippen LogP contribution in [0.2, 0.25) is 0 Å². The molecule has 0 aromatic rings. The van der Waals surface area contributed by atoms with Gasteiger partial charge in [0.1, 0.15) is 12.1 Å². The van der Waals surface area contributed by atoms with Gasteiger partial charge in [-0.15, -0.1) is 0 Å². The first-order valence-corrected chi connectivity index (χ1v) is 12.4. The van der Waals surface area contributed by atoms with Crippen molar-refractivity contribution in [2.24, 2.45) is 17.3 Å². The molecule has 214 valence electrons. The number of nitrogens with zero attached hydrogens (tertiary/aromatic N) is 1. The molecule has 0 aromatic carbocycles. The zero-order valence-electron chi connectivity index (χ0n) is 21.9. The topological polar surface area (TPSA) is 134 Å². The number of ether oxygens (including phenoxy) is 1. The molecule has 4 amide bonds. The van der Waals surface area contributed by atoms with Gasteiger partial charge in [-0.3, -0.25) is 19.2 Å². The van der Waals surface area contributed by atoms with Crippen LogP contribution < -0.4 is 16.0 Å². The number of amides is 4. The monoisotopic (exact) mass is 550 g/mol.